The Kier molecular flexibility index (Phi) is 6.16. The molecule has 7 nitrogen and oxygen atoms in total. The van der Waals surface area contributed by atoms with Gasteiger partial charge in [0.2, 0.25) is 0 Å². The molecule has 1 aliphatic rings. The molecule has 29 heavy (non-hydrogen) atoms. The van der Waals surface area contributed by atoms with E-state index in [1.54, 1.807) is 34.6 Å². The van der Waals surface area contributed by atoms with Gasteiger partial charge in [-0.15, -0.1) is 0 Å². The maximum absolute atomic E-state index is 12.6. The van der Waals surface area contributed by atoms with E-state index >= 15 is 0 Å². The molecule has 164 valence electrons. The van der Waals surface area contributed by atoms with Gasteiger partial charge in [0.1, 0.15) is 17.1 Å². The Morgan fingerprint density at radius 2 is 1.76 bits per heavy atom. The maximum atomic E-state index is 12.6. The van der Waals surface area contributed by atoms with Gasteiger partial charge in [-0.1, -0.05) is 12.1 Å². The van der Waals surface area contributed by atoms with Crippen LogP contribution in [0.15, 0.2) is 24.3 Å². The number of nitrogens with zero attached hydrogens (tertiary/aromatic N) is 1. The topological polar surface area (TPSA) is 82.1 Å². The number of ether oxygens (including phenoxy) is 2. The maximum Gasteiger partial charge on any atom is 0.534 e. The fourth-order valence-electron chi connectivity index (χ4n) is 2.84. The van der Waals surface area contributed by atoms with Crippen LogP contribution in [0.25, 0.3) is 0 Å². The predicted octanol–water partition coefficient (Wildman–Crippen LogP) is 3.83. The summed E-state index contributed by atoms with van der Waals surface area (Å²) in [5.74, 6) is -0.460. The zero-order valence-electron chi connectivity index (χ0n) is 16.7. The van der Waals surface area contributed by atoms with E-state index in [-0.39, 0.29) is 12.6 Å². The van der Waals surface area contributed by atoms with Gasteiger partial charge in [0.05, 0.1) is 12.6 Å². The average molecular weight is 439 g/mol. The molecule has 0 unspecified atom stereocenters. The number of hydrogen-bond donors (Lipinski definition) is 0. The molecule has 1 aromatic rings. The third-order valence-corrected chi connectivity index (χ3v) is 5.03. The van der Waals surface area contributed by atoms with Crippen molar-refractivity contribution in [3.63, 3.8) is 0 Å². The molecule has 0 spiro atoms. The Labute approximate surface area is 167 Å². The molecule has 0 saturated carbocycles. The third-order valence-electron chi connectivity index (χ3n) is 4.05. The molecule has 2 rings (SSSR count). The van der Waals surface area contributed by atoms with Crippen LogP contribution >= 0.6 is 0 Å². The van der Waals surface area contributed by atoms with Crippen molar-refractivity contribution in [1.82, 2.24) is 4.90 Å². The number of amides is 1. The van der Waals surface area contributed by atoms with Gasteiger partial charge in [-0.25, -0.2) is 4.79 Å². The Hall–Kier alpha value is -2.01. The number of benzene rings is 1. The lowest BCUT2D eigenvalue weighted by Gasteiger charge is -2.35. The van der Waals surface area contributed by atoms with Crippen molar-refractivity contribution in [2.24, 2.45) is 0 Å². The highest BCUT2D eigenvalue weighted by atomic mass is 32.2. The first-order valence-corrected chi connectivity index (χ1v) is 10.2. The number of halogens is 3. The van der Waals surface area contributed by atoms with E-state index in [4.69, 9.17) is 9.47 Å². The van der Waals surface area contributed by atoms with E-state index < -0.39 is 38.8 Å². The summed E-state index contributed by atoms with van der Waals surface area (Å²) in [7, 11) is -5.73. The summed E-state index contributed by atoms with van der Waals surface area (Å²) in [4.78, 5) is 14.1. The summed E-state index contributed by atoms with van der Waals surface area (Å²) in [6.45, 7) is 8.95. The molecular weight excluding hydrogens is 415 g/mol. The van der Waals surface area contributed by atoms with Crippen molar-refractivity contribution in [3.05, 3.63) is 29.8 Å². The number of alkyl halides is 3. The first kappa shape index (κ1) is 23.3. The van der Waals surface area contributed by atoms with Crippen molar-refractivity contribution < 1.29 is 40.0 Å². The number of carbonyl (C=O) groups excluding carboxylic acids is 1. The molecule has 0 radical (unpaired) electrons. The van der Waals surface area contributed by atoms with Crippen LogP contribution in [-0.2, 0) is 26.0 Å². The Bertz CT molecular complexity index is 844. The van der Waals surface area contributed by atoms with Crippen molar-refractivity contribution in [3.8, 4) is 5.75 Å². The van der Waals surface area contributed by atoms with E-state index in [9.17, 15) is 26.4 Å². The standard InChI is InChI=1S/C18H24F3NO6S/c1-16(2,3)27-15(23)22-13(11-26-17(22,4)5)10-12-6-8-14(9-7-12)28-29(24,25)18(19,20)21/h6-9,13H,10-11H2,1-5H3/t13-/m0/s1. The number of rotatable bonds is 4. The fourth-order valence-corrected chi connectivity index (χ4v) is 3.30. The van der Waals surface area contributed by atoms with Gasteiger partial charge in [-0.05, 0) is 58.7 Å². The van der Waals surface area contributed by atoms with Crippen LogP contribution in [0, 0.1) is 0 Å². The molecule has 1 amide bonds. The van der Waals surface area contributed by atoms with Crippen LogP contribution in [0.4, 0.5) is 18.0 Å². The number of hydrogen-bond acceptors (Lipinski definition) is 6. The molecule has 1 saturated heterocycles. The minimum absolute atomic E-state index is 0.243. The van der Waals surface area contributed by atoms with Crippen molar-refractivity contribution in [2.45, 2.75) is 63.9 Å². The minimum Gasteiger partial charge on any atom is -0.444 e. The largest absolute Gasteiger partial charge is 0.534 e. The Morgan fingerprint density at radius 3 is 2.24 bits per heavy atom. The van der Waals surface area contributed by atoms with Crippen molar-refractivity contribution >= 4 is 16.2 Å². The van der Waals surface area contributed by atoms with Gasteiger partial charge in [0, 0.05) is 0 Å². The average Bonchev–Trinajstić information content (AvgIpc) is 2.80. The highest BCUT2D eigenvalue weighted by Gasteiger charge is 2.48. The monoisotopic (exact) mass is 439 g/mol. The van der Waals surface area contributed by atoms with Crippen LogP contribution in [0.1, 0.15) is 40.2 Å². The Balaban J connectivity index is 2.13. The molecule has 11 heteroatoms. The van der Waals surface area contributed by atoms with Gasteiger partial charge < -0.3 is 13.7 Å². The molecule has 0 aromatic heterocycles. The van der Waals surface area contributed by atoms with Crippen molar-refractivity contribution in [1.29, 1.82) is 0 Å². The van der Waals surface area contributed by atoms with Gasteiger partial charge in [0.25, 0.3) is 0 Å². The van der Waals surface area contributed by atoms with E-state index in [0.29, 0.717) is 12.0 Å². The van der Waals surface area contributed by atoms with Crippen LogP contribution in [0.3, 0.4) is 0 Å². The predicted molar refractivity (Wildman–Crippen MR) is 97.6 cm³/mol. The van der Waals surface area contributed by atoms with Gasteiger partial charge in [0.15, 0.2) is 0 Å². The Morgan fingerprint density at radius 1 is 1.21 bits per heavy atom. The molecule has 0 bridgehead atoms. The lowest BCUT2D eigenvalue weighted by atomic mass is 10.0. The normalized spacial score (nSPS) is 19.9. The summed E-state index contributed by atoms with van der Waals surface area (Å²) in [6, 6.07) is 4.74. The second kappa shape index (κ2) is 7.67. The highest BCUT2D eigenvalue weighted by Crippen LogP contribution is 2.32. The first-order valence-electron chi connectivity index (χ1n) is 8.78. The molecule has 1 aliphatic heterocycles. The molecule has 1 heterocycles. The molecule has 1 fully saturated rings. The summed E-state index contributed by atoms with van der Waals surface area (Å²) >= 11 is 0. The van der Waals surface area contributed by atoms with E-state index in [1.807, 2.05) is 0 Å². The highest BCUT2D eigenvalue weighted by molar-refractivity contribution is 7.88. The lowest BCUT2D eigenvalue weighted by Crippen LogP contribution is -2.50. The first-order chi connectivity index (χ1) is 13.0. The van der Waals surface area contributed by atoms with E-state index in [1.165, 1.54) is 17.0 Å². The van der Waals surface area contributed by atoms with Crippen molar-refractivity contribution in [2.75, 3.05) is 6.61 Å². The SMILES string of the molecule is CC(C)(C)OC(=O)N1[C@@H](Cc2ccc(OS(=O)(=O)C(F)(F)F)cc2)COC1(C)C. The summed E-state index contributed by atoms with van der Waals surface area (Å²) in [6.07, 6.45) is -0.212. The lowest BCUT2D eigenvalue weighted by molar-refractivity contribution is -0.0624. The van der Waals surface area contributed by atoms with E-state index in [2.05, 4.69) is 4.18 Å². The van der Waals surface area contributed by atoms with Crippen LogP contribution in [-0.4, -0.2) is 48.9 Å². The van der Waals surface area contributed by atoms with Crippen LogP contribution < -0.4 is 4.18 Å². The number of carbonyl (C=O) groups is 1. The summed E-state index contributed by atoms with van der Waals surface area (Å²) < 4.78 is 74.6. The van der Waals surface area contributed by atoms with Gasteiger partial charge in [-0.2, -0.15) is 21.6 Å². The zero-order chi connectivity index (χ0) is 22.3. The summed E-state index contributed by atoms with van der Waals surface area (Å²) in [5, 5.41) is 0. The minimum atomic E-state index is -5.73. The molecule has 1 aromatic carbocycles. The smallest absolute Gasteiger partial charge is 0.444 e. The van der Waals surface area contributed by atoms with Gasteiger partial charge in [-0.3, -0.25) is 4.90 Å². The fraction of sp³-hybridized carbons (Fsp3) is 0.611. The van der Waals surface area contributed by atoms with Crippen LogP contribution in [0.5, 0.6) is 5.75 Å². The summed E-state index contributed by atoms with van der Waals surface area (Å²) in [5.41, 5.74) is -6.44. The zero-order valence-corrected chi connectivity index (χ0v) is 17.6. The molecular formula is C18H24F3NO6S. The molecule has 1 atom stereocenters. The molecule has 0 N–H and O–H groups in total. The second-order valence-electron chi connectivity index (χ2n) is 8.09. The van der Waals surface area contributed by atoms with Crippen LogP contribution in [0.2, 0.25) is 0 Å². The quantitative estimate of drug-likeness (QED) is 0.524. The van der Waals surface area contributed by atoms with E-state index in [0.717, 1.165) is 12.1 Å². The van der Waals surface area contributed by atoms with Gasteiger partial charge >= 0.3 is 21.7 Å². The second-order valence-corrected chi connectivity index (χ2v) is 9.63. The molecule has 0 aliphatic carbocycles. The third kappa shape index (κ3) is 5.75.